The van der Waals surface area contributed by atoms with Crippen LogP contribution in [0.2, 0.25) is 0 Å². The van der Waals surface area contributed by atoms with Gasteiger partial charge in [0.25, 0.3) is 5.91 Å². The van der Waals surface area contributed by atoms with E-state index in [4.69, 9.17) is 5.26 Å². The van der Waals surface area contributed by atoms with Crippen molar-refractivity contribution in [1.29, 1.82) is 5.26 Å². The third-order valence-corrected chi connectivity index (χ3v) is 5.26. The normalized spacial score (nSPS) is 22.0. The fourth-order valence-corrected chi connectivity index (χ4v) is 3.90. The van der Waals surface area contributed by atoms with Crippen molar-refractivity contribution < 1.29 is 9.59 Å². The number of pyridine rings is 1. The van der Waals surface area contributed by atoms with E-state index in [-0.39, 0.29) is 17.2 Å². The number of benzene rings is 1. The zero-order valence-electron chi connectivity index (χ0n) is 14.3. The summed E-state index contributed by atoms with van der Waals surface area (Å²) in [5.41, 5.74) is 1.77. The Hall–Kier alpha value is -3.20. The van der Waals surface area contributed by atoms with Crippen LogP contribution < -0.4 is 4.90 Å². The Bertz CT molecular complexity index is 888. The summed E-state index contributed by atoms with van der Waals surface area (Å²) < 4.78 is 0. The maximum atomic E-state index is 12.6. The van der Waals surface area contributed by atoms with Gasteiger partial charge in [-0.15, -0.1) is 0 Å². The number of hydrogen-bond acceptors (Lipinski definition) is 4. The van der Waals surface area contributed by atoms with Crippen LogP contribution in [0.25, 0.3) is 0 Å². The van der Waals surface area contributed by atoms with Crippen LogP contribution in [0.4, 0.5) is 5.69 Å². The number of carbonyl (C=O) groups excluding carboxylic acids is 2. The first-order chi connectivity index (χ1) is 12.6. The van der Waals surface area contributed by atoms with Crippen LogP contribution in [-0.4, -0.2) is 41.3 Å². The van der Waals surface area contributed by atoms with E-state index >= 15 is 0 Å². The summed E-state index contributed by atoms with van der Waals surface area (Å²) in [5, 5.41) is 8.92. The Kier molecular flexibility index (Phi) is 3.92. The van der Waals surface area contributed by atoms with Gasteiger partial charge in [-0.05, 0) is 42.8 Å². The van der Waals surface area contributed by atoms with Crippen LogP contribution in [0.15, 0.2) is 48.8 Å². The molecule has 3 heterocycles. The van der Waals surface area contributed by atoms with E-state index in [2.05, 4.69) is 11.1 Å². The second-order valence-electron chi connectivity index (χ2n) is 7.03. The highest BCUT2D eigenvalue weighted by molar-refractivity contribution is 5.97. The smallest absolute Gasteiger partial charge is 0.255 e. The summed E-state index contributed by atoms with van der Waals surface area (Å²) in [6.07, 6.45) is 4.49. The standard InChI is InChI=1S/C20H18N4O2/c21-11-15-3-5-17(6-4-15)24-14-20(10-18(24)25)7-9-23(13-20)19(26)16-2-1-8-22-12-16/h1-6,8,12H,7,9-10,13-14H2/t20-/m1/s1. The van der Waals surface area contributed by atoms with Crippen molar-refractivity contribution >= 4 is 17.5 Å². The van der Waals surface area contributed by atoms with Gasteiger partial charge in [0, 0.05) is 49.6 Å². The Balaban J connectivity index is 1.49. The van der Waals surface area contributed by atoms with Crippen LogP contribution in [0, 0.1) is 16.7 Å². The van der Waals surface area contributed by atoms with E-state index in [1.165, 1.54) is 0 Å². The molecule has 6 nitrogen and oxygen atoms in total. The first kappa shape index (κ1) is 16.3. The number of nitriles is 1. The molecule has 26 heavy (non-hydrogen) atoms. The number of amides is 2. The molecule has 0 bridgehead atoms. The number of anilines is 1. The quantitative estimate of drug-likeness (QED) is 0.835. The Morgan fingerprint density at radius 2 is 2.00 bits per heavy atom. The minimum Gasteiger partial charge on any atom is -0.338 e. The Labute approximate surface area is 151 Å². The van der Waals surface area contributed by atoms with Crippen molar-refractivity contribution in [2.45, 2.75) is 12.8 Å². The monoisotopic (exact) mass is 346 g/mol. The van der Waals surface area contributed by atoms with Crippen LogP contribution >= 0.6 is 0 Å². The minimum absolute atomic E-state index is 0.0285. The highest BCUT2D eigenvalue weighted by atomic mass is 16.2. The molecule has 2 aromatic rings. The van der Waals surface area contributed by atoms with E-state index in [0.717, 1.165) is 12.1 Å². The van der Waals surface area contributed by atoms with Crippen molar-refractivity contribution in [2.24, 2.45) is 5.41 Å². The molecule has 1 atom stereocenters. The minimum atomic E-state index is -0.192. The maximum Gasteiger partial charge on any atom is 0.255 e. The molecule has 0 radical (unpaired) electrons. The van der Waals surface area contributed by atoms with Gasteiger partial charge >= 0.3 is 0 Å². The first-order valence-electron chi connectivity index (χ1n) is 8.60. The molecule has 2 aliphatic heterocycles. The summed E-state index contributed by atoms with van der Waals surface area (Å²) in [6.45, 7) is 1.84. The van der Waals surface area contributed by atoms with E-state index in [1.54, 1.807) is 41.6 Å². The molecular weight excluding hydrogens is 328 g/mol. The third-order valence-electron chi connectivity index (χ3n) is 5.26. The fourth-order valence-electron chi connectivity index (χ4n) is 3.90. The predicted molar refractivity (Wildman–Crippen MR) is 95.3 cm³/mol. The summed E-state index contributed by atoms with van der Waals surface area (Å²) >= 11 is 0. The zero-order valence-corrected chi connectivity index (χ0v) is 14.3. The fraction of sp³-hybridized carbons (Fsp3) is 0.300. The van der Waals surface area contributed by atoms with Gasteiger partial charge in [0.05, 0.1) is 17.2 Å². The lowest BCUT2D eigenvalue weighted by molar-refractivity contribution is -0.117. The van der Waals surface area contributed by atoms with Crippen molar-refractivity contribution in [2.75, 3.05) is 24.5 Å². The molecule has 4 rings (SSSR count). The average Bonchev–Trinajstić information content (AvgIpc) is 3.25. The molecule has 1 aromatic heterocycles. The molecule has 0 aliphatic carbocycles. The molecule has 1 spiro atoms. The van der Waals surface area contributed by atoms with Gasteiger partial charge in [0.2, 0.25) is 5.91 Å². The molecule has 6 heteroatoms. The molecule has 130 valence electrons. The van der Waals surface area contributed by atoms with Gasteiger partial charge in [-0.25, -0.2) is 0 Å². The van der Waals surface area contributed by atoms with E-state index < -0.39 is 0 Å². The van der Waals surface area contributed by atoms with Crippen LogP contribution in [0.1, 0.15) is 28.8 Å². The molecule has 0 unspecified atom stereocenters. The molecule has 0 saturated carbocycles. The van der Waals surface area contributed by atoms with Crippen molar-refractivity contribution in [3.8, 4) is 6.07 Å². The summed E-state index contributed by atoms with van der Waals surface area (Å²) in [4.78, 5) is 32.8. The molecule has 2 saturated heterocycles. The number of nitrogens with zero attached hydrogens (tertiary/aromatic N) is 4. The van der Waals surface area contributed by atoms with Gasteiger partial charge < -0.3 is 9.80 Å². The van der Waals surface area contributed by atoms with E-state index in [9.17, 15) is 9.59 Å². The number of rotatable bonds is 2. The lowest BCUT2D eigenvalue weighted by Crippen LogP contribution is -2.34. The van der Waals surface area contributed by atoms with Gasteiger partial charge in [0.1, 0.15) is 0 Å². The van der Waals surface area contributed by atoms with Gasteiger partial charge in [0.15, 0.2) is 0 Å². The second-order valence-corrected chi connectivity index (χ2v) is 7.03. The Morgan fingerprint density at radius 3 is 2.69 bits per heavy atom. The summed E-state index contributed by atoms with van der Waals surface area (Å²) in [5.74, 6) is 0.0460. The van der Waals surface area contributed by atoms with Crippen LogP contribution in [-0.2, 0) is 4.79 Å². The van der Waals surface area contributed by atoms with E-state index in [1.807, 2.05) is 17.0 Å². The van der Waals surface area contributed by atoms with Crippen molar-refractivity contribution in [3.05, 3.63) is 59.9 Å². The average molecular weight is 346 g/mol. The highest BCUT2D eigenvalue weighted by Crippen LogP contribution is 2.42. The number of aromatic nitrogens is 1. The molecule has 2 amide bonds. The van der Waals surface area contributed by atoms with Crippen LogP contribution in [0.5, 0.6) is 0 Å². The van der Waals surface area contributed by atoms with Gasteiger partial charge in [-0.2, -0.15) is 5.26 Å². The Morgan fingerprint density at radius 1 is 1.19 bits per heavy atom. The van der Waals surface area contributed by atoms with Gasteiger partial charge in [-0.1, -0.05) is 0 Å². The zero-order chi connectivity index (χ0) is 18.1. The lowest BCUT2D eigenvalue weighted by atomic mass is 9.86. The maximum absolute atomic E-state index is 12.6. The topological polar surface area (TPSA) is 77.3 Å². The predicted octanol–water partition coefficient (Wildman–Crippen LogP) is 2.22. The van der Waals surface area contributed by atoms with Crippen molar-refractivity contribution in [1.82, 2.24) is 9.88 Å². The molecule has 2 fully saturated rings. The third kappa shape index (κ3) is 2.82. The number of hydrogen-bond donors (Lipinski definition) is 0. The summed E-state index contributed by atoms with van der Waals surface area (Å²) in [7, 11) is 0. The van der Waals surface area contributed by atoms with Crippen molar-refractivity contribution in [3.63, 3.8) is 0 Å². The van der Waals surface area contributed by atoms with Crippen LogP contribution in [0.3, 0.4) is 0 Å². The molecule has 1 aromatic carbocycles. The number of likely N-dealkylation sites (tertiary alicyclic amines) is 1. The van der Waals surface area contributed by atoms with Gasteiger partial charge in [-0.3, -0.25) is 14.6 Å². The largest absolute Gasteiger partial charge is 0.338 e. The lowest BCUT2D eigenvalue weighted by Gasteiger charge is -2.24. The molecule has 2 aliphatic rings. The highest BCUT2D eigenvalue weighted by Gasteiger charge is 2.48. The second kappa shape index (κ2) is 6.26. The molecule has 0 N–H and O–H groups in total. The first-order valence-corrected chi connectivity index (χ1v) is 8.60. The molecular formula is C20H18N4O2. The van der Waals surface area contributed by atoms with E-state index in [0.29, 0.717) is 37.2 Å². The number of carbonyl (C=O) groups is 2. The summed E-state index contributed by atoms with van der Waals surface area (Å²) in [6, 6.07) is 12.7. The SMILES string of the molecule is N#Cc1ccc(N2C[C@]3(CCN(C(=O)c4cccnc4)C3)CC2=O)cc1.